The molecule has 3 heterocycles. The van der Waals surface area contributed by atoms with E-state index in [-0.39, 0.29) is 43.2 Å². The fourth-order valence-corrected chi connectivity index (χ4v) is 5.77. The van der Waals surface area contributed by atoms with Gasteiger partial charge in [-0.05, 0) is 44.3 Å². The van der Waals surface area contributed by atoms with E-state index in [0.29, 0.717) is 13.0 Å². The number of carbonyl (C=O) groups excluding carboxylic acids is 2. The molecule has 3 rings (SSSR count). The van der Waals surface area contributed by atoms with Gasteiger partial charge in [0.1, 0.15) is 11.9 Å². The Bertz CT molecular complexity index is 902. The van der Waals surface area contributed by atoms with Crippen molar-refractivity contribution < 1.29 is 29.6 Å². The molecule has 2 saturated heterocycles. The molecule has 8 nitrogen and oxygen atoms in total. The molecule has 0 spiro atoms. The maximum atomic E-state index is 12.8. The number of hydrogen-bond donors (Lipinski definition) is 3. The van der Waals surface area contributed by atoms with Crippen molar-refractivity contribution in [3.63, 3.8) is 0 Å². The molecule has 0 saturated carbocycles. The number of aryl methyl sites for hydroxylation is 1. The molecule has 0 bridgehead atoms. The van der Waals surface area contributed by atoms with E-state index in [1.165, 1.54) is 0 Å². The number of carbonyl (C=O) groups is 2. The third-order valence-electron chi connectivity index (χ3n) is 7.42. The molecule has 4 unspecified atom stereocenters. The third kappa shape index (κ3) is 7.67. The van der Waals surface area contributed by atoms with Crippen molar-refractivity contribution in [3.05, 3.63) is 21.7 Å². The van der Waals surface area contributed by atoms with Crippen LogP contribution in [0.15, 0.2) is 11.0 Å². The quantitative estimate of drug-likeness (QED) is 0.420. The zero-order valence-electron chi connectivity index (χ0n) is 21.2. The normalized spacial score (nSPS) is 35.9. The largest absolute Gasteiger partial charge is 0.458 e. The van der Waals surface area contributed by atoms with Crippen LogP contribution in [0.1, 0.15) is 70.0 Å². The van der Waals surface area contributed by atoms with E-state index in [0.717, 1.165) is 35.5 Å². The van der Waals surface area contributed by atoms with Crippen LogP contribution in [-0.4, -0.2) is 80.5 Å². The predicted molar refractivity (Wildman–Crippen MR) is 135 cm³/mol. The molecule has 0 aromatic carbocycles. The van der Waals surface area contributed by atoms with E-state index in [1.54, 1.807) is 18.3 Å². The van der Waals surface area contributed by atoms with Gasteiger partial charge in [-0.1, -0.05) is 20.3 Å². The van der Waals surface area contributed by atoms with E-state index >= 15 is 0 Å². The SMILES string of the molecule is C/C(=C\c1csc(C)n1)C1CC2C(CCC[C@H](C)[C@H](O)[C@@H](C)C(=O)C[C@@H](O)CC(=O)O1)N2CCO. The molecule has 2 fully saturated rings. The summed E-state index contributed by atoms with van der Waals surface area (Å²) in [7, 11) is 0. The number of β-amino-alcohol motifs (C(OH)–C–C–N with tert-alkyl or cyclic N) is 1. The minimum absolute atomic E-state index is 0.0491. The summed E-state index contributed by atoms with van der Waals surface area (Å²) < 4.78 is 5.84. The van der Waals surface area contributed by atoms with Gasteiger partial charge in [-0.3, -0.25) is 14.5 Å². The highest BCUT2D eigenvalue weighted by Crippen LogP contribution is 2.38. The predicted octanol–water partition coefficient (Wildman–Crippen LogP) is 2.73. The lowest BCUT2D eigenvalue weighted by Gasteiger charge is -2.25. The Kier molecular flexibility index (Phi) is 10.0. The average Bonchev–Trinajstić information content (AvgIpc) is 3.25. The number of hydrogen-bond acceptors (Lipinski definition) is 9. The van der Waals surface area contributed by atoms with Gasteiger partial charge in [0, 0.05) is 42.8 Å². The van der Waals surface area contributed by atoms with Gasteiger partial charge in [0.15, 0.2) is 0 Å². The van der Waals surface area contributed by atoms with Crippen LogP contribution in [0, 0.1) is 18.8 Å². The number of rotatable bonds is 4. The maximum Gasteiger partial charge on any atom is 0.309 e. The van der Waals surface area contributed by atoms with Gasteiger partial charge in [-0.25, -0.2) is 4.98 Å². The summed E-state index contributed by atoms with van der Waals surface area (Å²) in [5.74, 6) is -1.47. The van der Waals surface area contributed by atoms with E-state index < -0.39 is 30.2 Å². The number of Topliss-reactive ketones (excluding diaryl/α,β-unsaturated/α-hetero) is 1. The number of aromatic nitrogens is 1. The average molecular weight is 509 g/mol. The first-order valence-electron chi connectivity index (χ1n) is 12.7. The number of esters is 1. The Balaban J connectivity index is 1.81. The first kappa shape index (κ1) is 27.9. The summed E-state index contributed by atoms with van der Waals surface area (Å²) in [6, 6.07) is 0.457. The minimum atomic E-state index is -1.15. The number of aliphatic hydroxyl groups is 3. The molecule has 2 aliphatic rings. The molecule has 2 aliphatic heterocycles. The van der Waals surface area contributed by atoms with Crippen LogP contribution in [0.25, 0.3) is 6.08 Å². The number of fused-ring (bicyclic) bond motifs is 1. The Morgan fingerprint density at radius 1 is 1.23 bits per heavy atom. The van der Waals surface area contributed by atoms with Gasteiger partial charge in [-0.2, -0.15) is 0 Å². The van der Waals surface area contributed by atoms with Crippen molar-refractivity contribution in [2.75, 3.05) is 13.2 Å². The number of thiazole rings is 1. The summed E-state index contributed by atoms with van der Waals surface area (Å²) in [6.07, 6.45) is 2.21. The number of aliphatic hydroxyl groups excluding tert-OH is 3. The van der Waals surface area contributed by atoms with Crippen molar-refractivity contribution in [1.29, 1.82) is 0 Å². The number of ketones is 1. The Hall–Kier alpha value is -1.65. The van der Waals surface area contributed by atoms with Gasteiger partial charge in [0.2, 0.25) is 0 Å². The fourth-order valence-electron chi connectivity index (χ4n) is 5.20. The summed E-state index contributed by atoms with van der Waals surface area (Å²) >= 11 is 1.55. The minimum Gasteiger partial charge on any atom is -0.458 e. The van der Waals surface area contributed by atoms with Crippen molar-refractivity contribution in [2.45, 2.75) is 96.6 Å². The van der Waals surface area contributed by atoms with Gasteiger partial charge in [0.25, 0.3) is 0 Å². The van der Waals surface area contributed by atoms with E-state index in [1.807, 2.05) is 32.2 Å². The van der Waals surface area contributed by atoms with Crippen LogP contribution >= 0.6 is 11.3 Å². The number of nitrogens with zero attached hydrogens (tertiary/aromatic N) is 2. The second kappa shape index (κ2) is 12.5. The van der Waals surface area contributed by atoms with Crippen LogP contribution < -0.4 is 0 Å². The monoisotopic (exact) mass is 508 g/mol. The van der Waals surface area contributed by atoms with Gasteiger partial charge in [0.05, 0.1) is 35.9 Å². The Morgan fingerprint density at radius 3 is 2.63 bits per heavy atom. The molecular formula is C26H40N2O6S. The molecule has 0 radical (unpaired) electrons. The highest BCUT2D eigenvalue weighted by molar-refractivity contribution is 7.09. The molecule has 9 heteroatoms. The standard InChI is InChI=1S/C26H40N2O6S/c1-15-6-5-7-21-22(28(21)8-9-29)13-24(16(2)10-19-14-35-18(4)27-19)34-25(32)12-20(30)11-23(31)17(3)26(15)33/h10,14-15,17,20-22,24,26,29-30,33H,5-9,11-13H2,1-4H3/b16-10+/t15-,17-,20+,21?,22?,24?,26-,28?/m0/s1. The van der Waals surface area contributed by atoms with Crippen molar-refractivity contribution >= 4 is 29.2 Å². The molecular weight excluding hydrogens is 468 g/mol. The van der Waals surface area contributed by atoms with Gasteiger partial charge >= 0.3 is 5.97 Å². The van der Waals surface area contributed by atoms with Gasteiger partial charge in [-0.15, -0.1) is 11.3 Å². The molecule has 1 aromatic rings. The zero-order valence-corrected chi connectivity index (χ0v) is 22.0. The Morgan fingerprint density at radius 2 is 1.97 bits per heavy atom. The highest BCUT2D eigenvalue weighted by Gasteiger charge is 2.47. The van der Waals surface area contributed by atoms with Crippen molar-refractivity contribution in [1.82, 2.24) is 9.88 Å². The lowest BCUT2D eigenvalue weighted by Crippen LogP contribution is -2.34. The lowest BCUT2D eigenvalue weighted by molar-refractivity contribution is -0.150. The van der Waals surface area contributed by atoms with Crippen molar-refractivity contribution in [2.24, 2.45) is 11.8 Å². The fraction of sp³-hybridized carbons (Fsp3) is 0.731. The molecule has 0 aliphatic carbocycles. The van der Waals surface area contributed by atoms with Crippen LogP contribution in [0.2, 0.25) is 0 Å². The third-order valence-corrected chi connectivity index (χ3v) is 8.21. The first-order valence-corrected chi connectivity index (χ1v) is 13.5. The first-order chi connectivity index (χ1) is 16.6. The van der Waals surface area contributed by atoms with E-state index in [9.17, 15) is 24.9 Å². The van der Waals surface area contributed by atoms with E-state index in [4.69, 9.17) is 4.74 Å². The number of cyclic esters (lactones) is 1. The van der Waals surface area contributed by atoms with Gasteiger partial charge < -0.3 is 20.1 Å². The van der Waals surface area contributed by atoms with Crippen LogP contribution in [0.4, 0.5) is 0 Å². The summed E-state index contributed by atoms with van der Waals surface area (Å²) in [5, 5.41) is 33.5. The second-order valence-corrected chi connectivity index (χ2v) is 11.3. The van der Waals surface area contributed by atoms with Crippen LogP contribution in [-0.2, 0) is 14.3 Å². The van der Waals surface area contributed by atoms with E-state index in [2.05, 4.69) is 9.88 Å². The molecule has 3 N–H and O–H groups in total. The topological polar surface area (TPSA) is 120 Å². The molecule has 0 amide bonds. The summed E-state index contributed by atoms with van der Waals surface area (Å²) in [6.45, 7) is 8.11. The molecule has 196 valence electrons. The van der Waals surface area contributed by atoms with Crippen molar-refractivity contribution in [3.8, 4) is 0 Å². The number of ether oxygens (including phenoxy) is 1. The second-order valence-electron chi connectivity index (χ2n) is 10.2. The highest BCUT2D eigenvalue weighted by atomic mass is 32.1. The zero-order chi connectivity index (χ0) is 25.7. The maximum absolute atomic E-state index is 12.8. The smallest absolute Gasteiger partial charge is 0.309 e. The van der Waals surface area contributed by atoms with Crippen LogP contribution in [0.3, 0.4) is 0 Å². The molecule has 35 heavy (non-hydrogen) atoms. The summed E-state index contributed by atoms with van der Waals surface area (Å²) in [5.41, 5.74) is 1.69. The molecule has 1 aromatic heterocycles. The Labute approximate surface area is 212 Å². The summed E-state index contributed by atoms with van der Waals surface area (Å²) in [4.78, 5) is 32.1. The van der Waals surface area contributed by atoms with Crippen LogP contribution in [0.5, 0.6) is 0 Å². The lowest BCUT2D eigenvalue weighted by atomic mass is 9.85. The molecule has 8 atom stereocenters.